The zero-order valence-electron chi connectivity index (χ0n) is 9.51. The van der Waals surface area contributed by atoms with Crippen molar-refractivity contribution >= 4 is 0 Å². The zero-order chi connectivity index (χ0) is 11.2. The van der Waals surface area contributed by atoms with Gasteiger partial charge in [-0.3, -0.25) is 0 Å². The van der Waals surface area contributed by atoms with E-state index < -0.39 is 0 Å². The molecule has 1 atom stereocenters. The lowest BCUT2D eigenvalue weighted by Crippen LogP contribution is -2.43. The summed E-state index contributed by atoms with van der Waals surface area (Å²) < 4.78 is 12.9. The average molecular weight is 222 g/mol. The van der Waals surface area contributed by atoms with Gasteiger partial charge in [0.25, 0.3) is 0 Å². The molecule has 2 nitrogen and oxygen atoms in total. The van der Waals surface area contributed by atoms with Gasteiger partial charge in [0.15, 0.2) is 0 Å². The van der Waals surface area contributed by atoms with E-state index in [2.05, 4.69) is 10.6 Å². The predicted octanol–water partition coefficient (Wildman–Crippen LogP) is 1.71. The lowest BCUT2D eigenvalue weighted by Gasteiger charge is -2.23. The van der Waals surface area contributed by atoms with Crippen molar-refractivity contribution in [2.75, 3.05) is 19.6 Å². The molecule has 0 spiro atoms. The van der Waals surface area contributed by atoms with Crippen LogP contribution in [0.25, 0.3) is 0 Å². The largest absolute Gasteiger partial charge is 0.315 e. The first-order chi connectivity index (χ1) is 7.84. The molecule has 2 rings (SSSR count). The molecule has 1 aliphatic heterocycles. The van der Waals surface area contributed by atoms with Gasteiger partial charge in [0.05, 0.1) is 0 Å². The Morgan fingerprint density at radius 2 is 2.38 bits per heavy atom. The molecular weight excluding hydrogens is 203 g/mol. The van der Waals surface area contributed by atoms with Crippen molar-refractivity contribution in [3.05, 3.63) is 35.6 Å². The Kier molecular flexibility index (Phi) is 4.31. The molecule has 0 amide bonds. The fourth-order valence-corrected chi connectivity index (χ4v) is 2.14. The lowest BCUT2D eigenvalue weighted by molar-refractivity contribution is 0.392. The fraction of sp³-hybridized carbons (Fsp3) is 0.538. The van der Waals surface area contributed by atoms with E-state index in [0.29, 0.717) is 6.04 Å². The SMILES string of the molecule is Fc1cccc(CCNC2CCCNC2)c1. The summed E-state index contributed by atoms with van der Waals surface area (Å²) in [6.45, 7) is 3.13. The maximum absolute atomic E-state index is 12.9. The second kappa shape index (κ2) is 5.97. The van der Waals surface area contributed by atoms with Gasteiger partial charge >= 0.3 is 0 Å². The van der Waals surface area contributed by atoms with Gasteiger partial charge in [-0.15, -0.1) is 0 Å². The molecule has 0 bridgehead atoms. The maximum Gasteiger partial charge on any atom is 0.123 e. The summed E-state index contributed by atoms with van der Waals surface area (Å²) in [6, 6.07) is 7.43. The molecule has 88 valence electrons. The highest BCUT2D eigenvalue weighted by atomic mass is 19.1. The number of benzene rings is 1. The molecule has 16 heavy (non-hydrogen) atoms. The molecule has 1 heterocycles. The Labute approximate surface area is 96.2 Å². The van der Waals surface area contributed by atoms with Crippen LogP contribution in [0.4, 0.5) is 4.39 Å². The van der Waals surface area contributed by atoms with E-state index in [1.54, 1.807) is 12.1 Å². The number of halogens is 1. The van der Waals surface area contributed by atoms with Crippen LogP contribution in [-0.4, -0.2) is 25.7 Å². The average Bonchev–Trinajstić information content (AvgIpc) is 2.30. The van der Waals surface area contributed by atoms with Gasteiger partial charge in [-0.25, -0.2) is 4.39 Å². The van der Waals surface area contributed by atoms with Crippen molar-refractivity contribution in [1.29, 1.82) is 0 Å². The van der Waals surface area contributed by atoms with E-state index in [1.807, 2.05) is 6.07 Å². The number of nitrogens with one attached hydrogen (secondary N) is 2. The molecule has 0 radical (unpaired) electrons. The Balaban J connectivity index is 1.71. The lowest BCUT2D eigenvalue weighted by atomic mass is 10.1. The van der Waals surface area contributed by atoms with Crippen molar-refractivity contribution in [1.82, 2.24) is 10.6 Å². The number of hydrogen-bond acceptors (Lipinski definition) is 2. The van der Waals surface area contributed by atoms with Crippen molar-refractivity contribution < 1.29 is 4.39 Å². The Hall–Kier alpha value is -0.930. The normalized spacial score (nSPS) is 20.9. The van der Waals surface area contributed by atoms with Gasteiger partial charge in [-0.2, -0.15) is 0 Å². The van der Waals surface area contributed by atoms with Crippen LogP contribution in [0.1, 0.15) is 18.4 Å². The third-order valence-electron chi connectivity index (χ3n) is 3.03. The molecule has 1 fully saturated rings. The molecule has 0 saturated carbocycles. The quantitative estimate of drug-likeness (QED) is 0.810. The van der Waals surface area contributed by atoms with Crippen LogP contribution >= 0.6 is 0 Å². The summed E-state index contributed by atoms with van der Waals surface area (Å²) in [6.07, 6.45) is 3.39. The van der Waals surface area contributed by atoms with Crippen molar-refractivity contribution in [3.8, 4) is 0 Å². The second-order valence-corrected chi connectivity index (χ2v) is 4.38. The molecule has 0 aliphatic carbocycles. The summed E-state index contributed by atoms with van der Waals surface area (Å²) in [5.41, 5.74) is 1.07. The molecular formula is C13H19FN2. The third kappa shape index (κ3) is 3.58. The van der Waals surface area contributed by atoms with Gasteiger partial charge in [0.2, 0.25) is 0 Å². The van der Waals surface area contributed by atoms with Crippen LogP contribution in [-0.2, 0) is 6.42 Å². The smallest absolute Gasteiger partial charge is 0.123 e. The topological polar surface area (TPSA) is 24.1 Å². The zero-order valence-corrected chi connectivity index (χ0v) is 9.51. The highest BCUT2D eigenvalue weighted by Gasteiger charge is 2.11. The standard InChI is InChI=1S/C13H19FN2/c14-12-4-1-3-11(9-12)6-8-16-13-5-2-7-15-10-13/h1,3-4,9,13,15-16H,2,5-8,10H2. The Morgan fingerprint density at radius 3 is 3.12 bits per heavy atom. The van der Waals surface area contributed by atoms with E-state index >= 15 is 0 Å². The van der Waals surface area contributed by atoms with Gasteiger partial charge < -0.3 is 10.6 Å². The maximum atomic E-state index is 12.9. The minimum atomic E-state index is -0.142. The van der Waals surface area contributed by atoms with Gasteiger partial charge in [0.1, 0.15) is 5.82 Å². The van der Waals surface area contributed by atoms with Gasteiger partial charge in [0, 0.05) is 12.6 Å². The highest BCUT2D eigenvalue weighted by Crippen LogP contribution is 2.05. The first kappa shape index (κ1) is 11.6. The van der Waals surface area contributed by atoms with Crippen LogP contribution in [0, 0.1) is 5.82 Å². The number of piperidine rings is 1. The van der Waals surface area contributed by atoms with Crippen molar-refractivity contribution in [2.45, 2.75) is 25.3 Å². The minimum Gasteiger partial charge on any atom is -0.315 e. The first-order valence-electron chi connectivity index (χ1n) is 6.03. The molecule has 3 heteroatoms. The summed E-state index contributed by atoms with van der Waals surface area (Å²) in [5, 5.41) is 6.87. The minimum absolute atomic E-state index is 0.142. The van der Waals surface area contributed by atoms with Crippen molar-refractivity contribution in [3.63, 3.8) is 0 Å². The number of hydrogen-bond donors (Lipinski definition) is 2. The first-order valence-corrected chi connectivity index (χ1v) is 6.03. The van der Waals surface area contributed by atoms with E-state index in [0.717, 1.165) is 31.6 Å². The molecule has 1 aromatic rings. The molecule has 2 N–H and O–H groups in total. The van der Waals surface area contributed by atoms with E-state index in [4.69, 9.17) is 0 Å². The van der Waals surface area contributed by atoms with E-state index in [9.17, 15) is 4.39 Å². The molecule has 1 saturated heterocycles. The predicted molar refractivity (Wildman–Crippen MR) is 64.0 cm³/mol. The summed E-state index contributed by atoms with van der Waals surface area (Å²) in [7, 11) is 0. The molecule has 0 aromatic heterocycles. The number of rotatable bonds is 4. The van der Waals surface area contributed by atoms with Crippen LogP contribution in [0.3, 0.4) is 0 Å². The van der Waals surface area contributed by atoms with E-state index in [-0.39, 0.29) is 5.82 Å². The Morgan fingerprint density at radius 1 is 1.44 bits per heavy atom. The highest BCUT2D eigenvalue weighted by molar-refractivity contribution is 5.16. The van der Waals surface area contributed by atoms with Crippen LogP contribution in [0.2, 0.25) is 0 Å². The molecule has 1 aromatic carbocycles. The van der Waals surface area contributed by atoms with Crippen LogP contribution in [0.15, 0.2) is 24.3 Å². The Bertz CT molecular complexity index is 321. The summed E-state index contributed by atoms with van der Waals surface area (Å²) >= 11 is 0. The van der Waals surface area contributed by atoms with Crippen LogP contribution in [0.5, 0.6) is 0 Å². The van der Waals surface area contributed by atoms with Gasteiger partial charge in [-0.1, -0.05) is 12.1 Å². The van der Waals surface area contributed by atoms with Crippen LogP contribution < -0.4 is 10.6 Å². The third-order valence-corrected chi connectivity index (χ3v) is 3.03. The fourth-order valence-electron chi connectivity index (χ4n) is 2.14. The summed E-state index contributed by atoms with van der Waals surface area (Å²) in [4.78, 5) is 0. The van der Waals surface area contributed by atoms with Crippen molar-refractivity contribution in [2.24, 2.45) is 0 Å². The molecule has 1 unspecified atom stereocenters. The van der Waals surface area contributed by atoms with Gasteiger partial charge in [-0.05, 0) is 50.0 Å². The molecule has 1 aliphatic rings. The monoisotopic (exact) mass is 222 g/mol. The summed E-state index contributed by atoms with van der Waals surface area (Å²) in [5.74, 6) is -0.142. The van der Waals surface area contributed by atoms with E-state index in [1.165, 1.54) is 18.9 Å². The second-order valence-electron chi connectivity index (χ2n) is 4.38.